The number of amides is 1. The molecule has 34 heavy (non-hydrogen) atoms. The second kappa shape index (κ2) is 9.29. The molecule has 182 valence electrons. The van der Waals surface area contributed by atoms with E-state index in [1.54, 1.807) is 36.2 Å². The summed E-state index contributed by atoms with van der Waals surface area (Å²) in [6.45, 7) is 5.41. The van der Waals surface area contributed by atoms with Gasteiger partial charge in [0.25, 0.3) is 5.91 Å². The zero-order valence-corrected chi connectivity index (χ0v) is 19.3. The molecule has 2 aromatic rings. The number of ether oxygens (including phenoxy) is 1. The fourth-order valence-electron chi connectivity index (χ4n) is 5.26. The third kappa shape index (κ3) is 4.49. The molecule has 2 aliphatic rings. The first kappa shape index (κ1) is 24.1. The zero-order chi connectivity index (χ0) is 24.5. The monoisotopic (exact) mass is 475 g/mol. The van der Waals surface area contributed by atoms with Crippen LogP contribution in [0.25, 0.3) is 0 Å². The molecule has 1 unspecified atom stereocenters. The molecule has 2 aliphatic heterocycles. The van der Waals surface area contributed by atoms with Crippen LogP contribution in [0.15, 0.2) is 30.5 Å². The second-order valence-corrected chi connectivity index (χ2v) is 9.08. The SMILES string of the molecule is CCn1ccc(C(=O)N2CCC3(CC2)CN(c2ccc(C#N)c(C(F)(F)F)c2)CC3COC)n1. The van der Waals surface area contributed by atoms with Gasteiger partial charge in [-0.2, -0.15) is 23.5 Å². The lowest BCUT2D eigenvalue weighted by molar-refractivity contribution is -0.137. The average Bonchev–Trinajstić information content (AvgIpc) is 3.44. The van der Waals surface area contributed by atoms with E-state index in [-0.39, 0.29) is 22.8 Å². The molecule has 4 rings (SSSR count). The number of hydrogen-bond acceptors (Lipinski definition) is 5. The Labute approximate surface area is 196 Å². The van der Waals surface area contributed by atoms with Gasteiger partial charge in [-0.15, -0.1) is 0 Å². The number of carbonyl (C=O) groups excluding carboxylic acids is 1. The lowest BCUT2D eigenvalue weighted by Crippen LogP contribution is -2.47. The first-order valence-corrected chi connectivity index (χ1v) is 11.4. The summed E-state index contributed by atoms with van der Waals surface area (Å²) in [6, 6.07) is 7.26. The van der Waals surface area contributed by atoms with Gasteiger partial charge in [-0.3, -0.25) is 9.48 Å². The summed E-state index contributed by atoms with van der Waals surface area (Å²) in [5.41, 5.74) is -0.578. The molecular formula is C24H28F3N5O2. The maximum absolute atomic E-state index is 13.5. The van der Waals surface area contributed by atoms with Crippen LogP contribution in [0.4, 0.5) is 18.9 Å². The van der Waals surface area contributed by atoms with E-state index >= 15 is 0 Å². The van der Waals surface area contributed by atoms with Gasteiger partial charge in [-0.05, 0) is 49.4 Å². The maximum atomic E-state index is 13.5. The minimum atomic E-state index is -4.60. The van der Waals surface area contributed by atoms with Crippen LogP contribution in [0.5, 0.6) is 0 Å². The summed E-state index contributed by atoms with van der Waals surface area (Å²) < 4.78 is 47.7. The van der Waals surface area contributed by atoms with Crippen molar-refractivity contribution in [2.75, 3.05) is 44.8 Å². The highest BCUT2D eigenvalue weighted by Crippen LogP contribution is 2.47. The van der Waals surface area contributed by atoms with Crippen molar-refractivity contribution in [3.05, 3.63) is 47.3 Å². The molecule has 1 amide bonds. The van der Waals surface area contributed by atoms with Gasteiger partial charge >= 0.3 is 6.18 Å². The van der Waals surface area contributed by atoms with E-state index in [2.05, 4.69) is 5.10 Å². The van der Waals surface area contributed by atoms with E-state index in [1.807, 2.05) is 16.7 Å². The predicted molar refractivity (Wildman–Crippen MR) is 119 cm³/mol. The molecule has 3 heterocycles. The smallest absolute Gasteiger partial charge is 0.384 e. The van der Waals surface area contributed by atoms with Gasteiger partial charge in [0.05, 0.1) is 23.8 Å². The van der Waals surface area contributed by atoms with Crippen molar-refractivity contribution in [3.8, 4) is 6.07 Å². The van der Waals surface area contributed by atoms with Crippen molar-refractivity contribution in [3.63, 3.8) is 0 Å². The maximum Gasteiger partial charge on any atom is 0.417 e. The molecule has 10 heteroatoms. The van der Waals surface area contributed by atoms with Crippen LogP contribution in [0.3, 0.4) is 0 Å². The number of nitriles is 1. The Balaban J connectivity index is 1.52. The molecule has 2 fully saturated rings. The number of methoxy groups -OCH3 is 1. The fourth-order valence-corrected chi connectivity index (χ4v) is 5.26. The van der Waals surface area contributed by atoms with Gasteiger partial charge in [0.15, 0.2) is 0 Å². The summed E-state index contributed by atoms with van der Waals surface area (Å²) in [5.74, 6) is 0.0288. The summed E-state index contributed by atoms with van der Waals surface area (Å²) in [4.78, 5) is 16.7. The molecule has 1 spiro atoms. The second-order valence-electron chi connectivity index (χ2n) is 9.08. The van der Waals surface area contributed by atoms with E-state index in [0.717, 1.165) is 18.9 Å². The number of alkyl halides is 3. The van der Waals surface area contributed by atoms with Gasteiger partial charge in [0, 0.05) is 57.6 Å². The largest absolute Gasteiger partial charge is 0.417 e. The summed E-state index contributed by atoms with van der Waals surface area (Å²) in [7, 11) is 1.63. The quantitative estimate of drug-likeness (QED) is 0.658. The van der Waals surface area contributed by atoms with Crippen molar-refractivity contribution < 1.29 is 22.7 Å². The van der Waals surface area contributed by atoms with E-state index in [4.69, 9.17) is 10.00 Å². The molecule has 7 nitrogen and oxygen atoms in total. The summed E-state index contributed by atoms with van der Waals surface area (Å²) in [6.07, 6.45) is -1.34. The number of anilines is 1. The number of benzene rings is 1. The van der Waals surface area contributed by atoms with Crippen molar-refractivity contribution in [1.29, 1.82) is 5.26 Å². The Morgan fingerprint density at radius 1 is 1.29 bits per heavy atom. The molecule has 0 saturated carbocycles. The number of carbonyl (C=O) groups is 1. The summed E-state index contributed by atoms with van der Waals surface area (Å²) >= 11 is 0. The number of hydrogen-bond donors (Lipinski definition) is 0. The number of aryl methyl sites for hydroxylation is 1. The predicted octanol–water partition coefficient (Wildman–Crippen LogP) is 3.80. The molecule has 0 N–H and O–H groups in total. The lowest BCUT2D eigenvalue weighted by Gasteiger charge is -2.42. The highest BCUT2D eigenvalue weighted by Gasteiger charge is 2.49. The third-order valence-electron chi connectivity index (χ3n) is 7.20. The average molecular weight is 476 g/mol. The lowest BCUT2D eigenvalue weighted by atomic mass is 9.71. The first-order valence-electron chi connectivity index (χ1n) is 11.4. The van der Waals surface area contributed by atoms with E-state index in [9.17, 15) is 18.0 Å². The van der Waals surface area contributed by atoms with Gasteiger partial charge in [0.1, 0.15) is 5.69 Å². The molecule has 1 aromatic carbocycles. The topological polar surface area (TPSA) is 74.4 Å². The molecular weight excluding hydrogens is 447 g/mol. The number of nitrogens with zero attached hydrogens (tertiary/aromatic N) is 5. The first-order chi connectivity index (χ1) is 16.2. The minimum Gasteiger partial charge on any atom is -0.384 e. The van der Waals surface area contributed by atoms with Gasteiger partial charge in [0.2, 0.25) is 0 Å². The number of piperidine rings is 1. The van der Waals surface area contributed by atoms with Crippen molar-refractivity contribution in [2.45, 2.75) is 32.5 Å². The zero-order valence-electron chi connectivity index (χ0n) is 19.3. The molecule has 0 radical (unpaired) electrons. The van der Waals surface area contributed by atoms with Gasteiger partial charge in [-0.1, -0.05) is 0 Å². The van der Waals surface area contributed by atoms with E-state index in [0.29, 0.717) is 50.7 Å². The number of rotatable bonds is 5. The van der Waals surface area contributed by atoms with Crippen molar-refractivity contribution in [2.24, 2.45) is 11.3 Å². The standard InChI is InChI=1S/C24H28F3N5O2/c1-3-32-9-6-21(29-32)22(33)30-10-7-23(8-11-30)16-31(14-18(23)15-34-2)19-5-4-17(13-28)20(12-19)24(25,26)27/h4-6,9,12,18H,3,7-8,10-11,14-16H2,1-2H3. The fraction of sp³-hybridized carbons (Fsp3) is 0.542. The number of likely N-dealkylation sites (tertiary alicyclic amines) is 1. The molecule has 0 bridgehead atoms. The van der Waals surface area contributed by atoms with Crippen molar-refractivity contribution in [1.82, 2.24) is 14.7 Å². The van der Waals surface area contributed by atoms with Crippen LogP contribution in [-0.2, 0) is 17.5 Å². The molecule has 1 atom stereocenters. The Bertz CT molecular complexity index is 1080. The van der Waals surface area contributed by atoms with Crippen LogP contribution in [-0.4, -0.2) is 60.5 Å². The van der Waals surface area contributed by atoms with Crippen molar-refractivity contribution >= 4 is 11.6 Å². The van der Waals surface area contributed by atoms with Gasteiger partial charge in [-0.25, -0.2) is 0 Å². The summed E-state index contributed by atoms with van der Waals surface area (Å²) in [5, 5.41) is 13.4. The van der Waals surface area contributed by atoms with Crippen LogP contribution in [0, 0.1) is 22.7 Å². The highest BCUT2D eigenvalue weighted by molar-refractivity contribution is 5.92. The van der Waals surface area contributed by atoms with E-state index in [1.165, 1.54) is 6.07 Å². The molecule has 2 saturated heterocycles. The number of halogens is 3. The van der Waals surface area contributed by atoms with Crippen LogP contribution < -0.4 is 4.90 Å². The van der Waals surface area contributed by atoms with Gasteiger partial charge < -0.3 is 14.5 Å². The van der Waals surface area contributed by atoms with Crippen LogP contribution in [0.2, 0.25) is 0 Å². The van der Waals surface area contributed by atoms with Crippen LogP contribution >= 0.6 is 0 Å². The normalized spacial score (nSPS) is 20.1. The Morgan fingerprint density at radius 3 is 2.62 bits per heavy atom. The Hall–Kier alpha value is -3.06. The Kier molecular flexibility index (Phi) is 6.58. The van der Waals surface area contributed by atoms with Crippen LogP contribution in [0.1, 0.15) is 41.4 Å². The van der Waals surface area contributed by atoms with E-state index < -0.39 is 11.7 Å². The number of aromatic nitrogens is 2. The third-order valence-corrected chi connectivity index (χ3v) is 7.20. The minimum absolute atomic E-state index is 0.0953. The Morgan fingerprint density at radius 2 is 2.03 bits per heavy atom. The molecule has 0 aliphatic carbocycles. The molecule has 1 aromatic heterocycles. The highest BCUT2D eigenvalue weighted by atomic mass is 19.4.